The van der Waals surface area contributed by atoms with Gasteiger partial charge < -0.3 is 10.2 Å². The van der Waals surface area contributed by atoms with Gasteiger partial charge in [0.25, 0.3) is 0 Å². The predicted octanol–water partition coefficient (Wildman–Crippen LogP) is 2.71. The van der Waals surface area contributed by atoms with Crippen molar-refractivity contribution in [3.8, 4) is 0 Å². The molecule has 94 valence electrons. The third-order valence-corrected chi connectivity index (χ3v) is 3.38. The Balaban J connectivity index is 2.05. The summed E-state index contributed by atoms with van der Waals surface area (Å²) >= 11 is 0. The monoisotopic (exact) mass is 236 g/mol. The molecule has 2 nitrogen and oxygen atoms in total. The molecule has 0 radical (unpaired) electrons. The fraction of sp³-hybridized carbons (Fsp3) is 0.571. The molecule has 17 heavy (non-hydrogen) atoms. The average molecular weight is 236 g/mol. The Hall–Kier alpha value is -1.09. The maximum absolute atomic E-state index is 13.8. The van der Waals surface area contributed by atoms with Crippen LogP contribution in [0.3, 0.4) is 0 Å². The van der Waals surface area contributed by atoms with Gasteiger partial charge in [-0.1, -0.05) is 19.1 Å². The van der Waals surface area contributed by atoms with Crippen LogP contribution >= 0.6 is 0 Å². The zero-order valence-electron chi connectivity index (χ0n) is 10.7. The van der Waals surface area contributed by atoms with Crippen LogP contribution in [0.25, 0.3) is 0 Å². The number of nitrogens with one attached hydrogen (secondary N) is 1. The van der Waals surface area contributed by atoms with Gasteiger partial charge in [0.15, 0.2) is 0 Å². The second kappa shape index (κ2) is 5.50. The zero-order valence-corrected chi connectivity index (χ0v) is 10.7. The van der Waals surface area contributed by atoms with Gasteiger partial charge in [0, 0.05) is 19.1 Å². The lowest BCUT2D eigenvalue weighted by atomic mass is 10.2. The lowest BCUT2D eigenvalue weighted by Gasteiger charge is -2.21. The van der Waals surface area contributed by atoms with E-state index in [-0.39, 0.29) is 5.82 Å². The summed E-state index contributed by atoms with van der Waals surface area (Å²) in [5, 5.41) is 3.51. The second-order valence-electron chi connectivity index (χ2n) is 4.79. The number of rotatable bonds is 4. The summed E-state index contributed by atoms with van der Waals surface area (Å²) in [5.41, 5.74) is 1.81. The molecule has 1 aromatic carbocycles. The van der Waals surface area contributed by atoms with Crippen molar-refractivity contribution in [2.24, 2.45) is 0 Å². The van der Waals surface area contributed by atoms with Crippen molar-refractivity contribution in [1.82, 2.24) is 5.32 Å². The van der Waals surface area contributed by atoms with Crippen molar-refractivity contribution in [3.05, 3.63) is 29.6 Å². The van der Waals surface area contributed by atoms with Crippen LogP contribution in [-0.2, 0) is 0 Å². The maximum Gasteiger partial charge on any atom is 0.146 e. The van der Waals surface area contributed by atoms with Crippen LogP contribution in [0.4, 0.5) is 10.1 Å². The lowest BCUT2D eigenvalue weighted by Crippen LogP contribution is -2.33. The number of hydrogen-bond donors (Lipinski definition) is 1. The number of para-hydroxylation sites is 1. The van der Waals surface area contributed by atoms with E-state index in [0.29, 0.717) is 6.04 Å². The first kappa shape index (κ1) is 12.4. The van der Waals surface area contributed by atoms with Crippen molar-refractivity contribution < 1.29 is 4.39 Å². The molecule has 1 atom stereocenters. The first-order chi connectivity index (χ1) is 8.22. The number of halogens is 1. The summed E-state index contributed by atoms with van der Waals surface area (Å²) in [7, 11) is 0. The molecule has 1 aliphatic heterocycles. The van der Waals surface area contributed by atoms with Gasteiger partial charge in [-0.25, -0.2) is 4.39 Å². The van der Waals surface area contributed by atoms with E-state index in [0.717, 1.165) is 43.7 Å². The molecule has 0 saturated carbocycles. The topological polar surface area (TPSA) is 15.3 Å². The SMILES string of the molecule is CCCNC1CCN(c2c(C)cccc2F)C1. The van der Waals surface area contributed by atoms with Crippen LogP contribution in [0.15, 0.2) is 18.2 Å². The highest BCUT2D eigenvalue weighted by atomic mass is 19.1. The number of aryl methyl sites for hydroxylation is 1. The van der Waals surface area contributed by atoms with Crippen LogP contribution in [0.1, 0.15) is 25.3 Å². The molecule has 1 saturated heterocycles. The van der Waals surface area contributed by atoms with Gasteiger partial charge in [-0.15, -0.1) is 0 Å². The van der Waals surface area contributed by atoms with Crippen molar-refractivity contribution in [2.75, 3.05) is 24.5 Å². The Morgan fingerprint density at radius 1 is 1.47 bits per heavy atom. The largest absolute Gasteiger partial charge is 0.367 e. The van der Waals surface area contributed by atoms with Gasteiger partial charge in [-0.05, 0) is 37.9 Å². The van der Waals surface area contributed by atoms with Crippen LogP contribution < -0.4 is 10.2 Å². The Morgan fingerprint density at radius 3 is 3.00 bits per heavy atom. The maximum atomic E-state index is 13.8. The third kappa shape index (κ3) is 2.78. The van der Waals surface area contributed by atoms with E-state index in [4.69, 9.17) is 0 Å². The molecule has 1 N–H and O–H groups in total. The fourth-order valence-electron chi connectivity index (χ4n) is 2.50. The molecule has 3 heteroatoms. The van der Waals surface area contributed by atoms with E-state index in [1.165, 1.54) is 0 Å². The molecule has 1 aliphatic rings. The van der Waals surface area contributed by atoms with E-state index in [2.05, 4.69) is 17.1 Å². The highest BCUT2D eigenvalue weighted by Crippen LogP contribution is 2.27. The predicted molar refractivity (Wildman–Crippen MR) is 70.0 cm³/mol. The van der Waals surface area contributed by atoms with Crippen LogP contribution in [0.5, 0.6) is 0 Å². The van der Waals surface area contributed by atoms with Crippen molar-refractivity contribution in [2.45, 2.75) is 32.7 Å². The summed E-state index contributed by atoms with van der Waals surface area (Å²) in [6, 6.07) is 5.81. The highest BCUT2D eigenvalue weighted by Gasteiger charge is 2.24. The van der Waals surface area contributed by atoms with E-state index < -0.39 is 0 Å². The van der Waals surface area contributed by atoms with Gasteiger partial charge in [0.1, 0.15) is 5.82 Å². The molecule has 0 bridgehead atoms. The fourth-order valence-corrected chi connectivity index (χ4v) is 2.50. The van der Waals surface area contributed by atoms with Crippen molar-refractivity contribution in [3.63, 3.8) is 0 Å². The zero-order chi connectivity index (χ0) is 12.3. The molecule has 0 aromatic heterocycles. The van der Waals surface area contributed by atoms with Crippen LogP contribution in [-0.4, -0.2) is 25.7 Å². The minimum Gasteiger partial charge on any atom is -0.367 e. The molecule has 2 rings (SSSR count). The molecule has 1 fully saturated rings. The summed E-state index contributed by atoms with van der Waals surface area (Å²) in [6.45, 7) is 7.06. The number of nitrogens with zero attached hydrogens (tertiary/aromatic N) is 1. The van der Waals surface area contributed by atoms with Crippen molar-refractivity contribution in [1.29, 1.82) is 0 Å². The summed E-state index contributed by atoms with van der Waals surface area (Å²) in [4.78, 5) is 2.16. The normalized spacial score (nSPS) is 19.9. The Kier molecular flexibility index (Phi) is 4.00. The van der Waals surface area contributed by atoms with E-state index in [1.54, 1.807) is 12.1 Å². The minimum absolute atomic E-state index is 0.0962. The van der Waals surface area contributed by atoms with Gasteiger partial charge in [0.2, 0.25) is 0 Å². The van der Waals surface area contributed by atoms with E-state index >= 15 is 0 Å². The molecule has 1 aromatic rings. The van der Waals surface area contributed by atoms with Gasteiger partial charge in [-0.2, -0.15) is 0 Å². The highest BCUT2D eigenvalue weighted by molar-refractivity contribution is 5.55. The Morgan fingerprint density at radius 2 is 2.29 bits per heavy atom. The van der Waals surface area contributed by atoms with Gasteiger partial charge in [-0.3, -0.25) is 0 Å². The Bertz CT molecular complexity index is 358. The minimum atomic E-state index is -0.0962. The summed E-state index contributed by atoms with van der Waals surface area (Å²) in [6.07, 6.45) is 2.25. The summed E-state index contributed by atoms with van der Waals surface area (Å²) in [5.74, 6) is -0.0962. The second-order valence-corrected chi connectivity index (χ2v) is 4.79. The molecule has 0 spiro atoms. The smallest absolute Gasteiger partial charge is 0.146 e. The molecular weight excluding hydrogens is 215 g/mol. The first-order valence-corrected chi connectivity index (χ1v) is 6.45. The molecule has 0 aliphatic carbocycles. The molecule has 0 amide bonds. The summed E-state index contributed by atoms with van der Waals surface area (Å²) < 4.78 is 13.8. The van der Waals surface area contributed by atoms with Crippen molar-refractivity contribution >= 4 is 5.69 Å². The van der Waals surface area contributed by atoms with Gasteiger partial charge in [0.05, 0.1) is 5.69 Å². The van der Waals surface area contributed by atoms with Crippen LogP contribution in [0, 0.1) is 12.7 Å². The van der Waals surface area contributed by atoms with Crippen LogP contribution in [0.2, 0.25) is 0 Å². The Labute approximate surface area is 103 Å². The molecule has 1 unspecified atom stereocenters. The number of benzene rings is 1. The van der Waals surface area contributed by atoms with E-state index in [9.17, 15) is 4.39 Å². The average Bonchev–Trinajstić information content (AvgIpc) is 2.75. The molecule has 1 heterocycles. The first-order valence-electron chi connectivity index (χ1n) is 6.45. The van der Waals surface area contributed by atoms with E-state index in [1.807, 2.05) is 13.0 Å². The van der Waals surface area contributed by atoms with Gasteiger partial charge >= 0.3 is 0 Å². The molecular formula is C14H21FN2. The number of anilines is 1. The number of hydrogen-bond acceptors (Lipinski definition) is 2. The lowest BCUT2D eigenvalue weighted by molar-refractivity contribution is 0.548. The quantitative estimate of drug-likeness (QED) is 0.864. The standard InChI is InChI=1S/C14H21FN2/c1-3-8-16-12-7-9-17(10-12)14-11(2)5-4-6-13(14)15/h4-6,12,16H,3,7-10H2,1-2H3. The third-order valence-electron chi connectivity index (χ3n) is 3.38.